The van der Waals surface area contributed by atoms with Gasteiger partial charge in [-0.2, -0.15) is 0 Å². The van der Waals surface area contributed by atoms with E-state index in [9.17, 15) is 9.90 Å². The molecule has 1 aromatic carbocycles. The van der Waals surface area contributed by atoms with Crippen LogP contribution in [0.5, 0.6) is 0 Å². The molecule has 5 rings (SSSR count). The van der Waals surface area contributed by atoms with Gasteiger partial charge in [0, 0.05) is 44.1 Å². The first-order chi connectivity index (χ1) is 14.7. The molecule has 30 heavy (non-hydrogen) atoms. The number of aliphatic hydroxyl groups excluding tert-OH is 1. The van der Waals surface area contributed by atoms with Gasteiger partial charge in [-0.05, 0) is 17.7 Å². The molecule has 1 amide bonds. The van der Waals surface area contributed by atoms with Gasteiger partial charge in [0.1, 0.15) is 0 Å². The lowest BCUT2D eigenvalue weighted by Crippen LogP contribution is -2.49. The summed E-state index contributed by atoms with van der Waals surface area (Å²) in [6.45, 7) is 2.56. The molecular weight excluding hydrogens is 382 g/mol. The third-order valence-corrected chi connectivity index (χ3v) is 5.44. The Morgan fingerprint density at radius 1 is 1.07 bits per heavy atom. The Morgan fingerprint density at radius 2 is 1.87 bits per heavy atom. The van der Waals surface area contributed by atoms with Gasteiger partial charge < -0.3 is 19.3 Å². The first-order valence-corrected chi connectivity index (χ1v) is 9.84. The van der Waals surface area contributed by atoms with Gasteiger partial charge in [-0.1, -0.05) is 24.3 Å². The molecule has 152 valence electrons. The van der Waals surface area contributed by atoms with E-state index in [-0.39, 0.29) is 12.5 Å². The van der Waals surface area contributed by atoms with E-state index in [4.69, 9.17) is 4.42 Å². The number of hydrogen-bond acceptors (Lipinski definition) is 6. The largest absolute Gasteiger partial charge is 0.459 e. The number of carbonyl (C=O) groups excluding carboxylic acids is 1. The van der Waals surface area contributed by atoms with Crippen LogP contribution in [0.3, 0.4) is 0 Å². The topological polar surface area (TPSA) is 87.1 Å². The van der Waals surface area contributed by atoms with Gasteiger partial charge in [0.25, 0.3) is 5.91 Å². The second-order valence-electron chi connectivity index (χ2n) is 7.20. The SMILES string of the molecule is O=C(c1ccco1)N1CCN(c2nccn3c(-c4ccc(CO)cc4)cnc23)CC1. The minimum atomic E-state index is -0.0831. The van der Waals surface area contributed by atoms with Crippen LogP contribution < -0.4 is 4.90 Å². The Hall–Kier alpha value is -3.65. The fraction of sp³-hybridized carbons (Fsp3) is 0.227. The van der Waals surface area contributed by atoms with Gasteiger partial charge >= 0.3 is 0 Å². The maximum absolute atomic E-state index is 12.5. The lowest BCUT2D eigenvalue weighted by Gasteiger charge is -2.35. The first kappa shape index (κ1) is 18.4. The highest BCUT2D eigenvalue weighted by atomic mass is 16.3. The van der Waals surface area contributed by atoms with Gasteiger partial charge in [0.05, 0.1) is 24.8 Å². The van der Waals surface area contributed by atoms with Crippen molar-refractivity contribution >= 4 is 17.4 Å². The number of imidazole rings is 1. The summed E-state index contributed by atoms with van der Waals surface area (Å²) in [4.78, 5) is 25.6. The number of hydrogen-bond donors (Lipinski definition) is 1. The monoisotopic (exact) mass is 403 g/mol. The molecule has 1 saturated heterocycles. The summed E-state index contributed by atoms with van der Waals surface area (Å²) >= 11 is 0. The molecule has 0 bridgehead atoms. The molecule has 0 radical (unpaired) electrons. The van der Waals surface area contributed by atoms with E-state index in [1.165, 1.54) is 6.26 Å². The molecular formula is C22H21N5O3. The van der Waals surface area contributed by atoms with E-state index in [0.29, 0.717) is 31.9 Å². The molecule has 1 N–H and O–H groups in total. The summed E-state index contributed by atoms with van der Waals surface area (Å²) < 4.78 is 7.26. The molecule has 0 unspecified atom stereocenters. The second-order valence-corrected chi connectivity index (χ2v) is 7.20. The van der Waals surface area contributed by atoms with Crippen molar-refractivity contribution in [3.05, 3.63) is 72.6 Å². The van der Waals surface area contributed by atoms with E-state index in [1.54, 1.807) is 23.2 Å². The van der Waals surface area contributed by atoms with Crippen LogP contribution in [0.1, 0.15) is 16.1 Å². The Labute approximate surface area is 173 Å². The highest BCUT2D eigenvalue weighted by molar-refractivity contribution is 5.91. The lowest BCUT2D eigenvalue weighted by atomic mass is 10.1. The van der Waals surface area contributed by atoms with Crippen LogP contribution in [0.2, 0.25) is 0 Å². The molecule has 3 aromatic heterocycles. The highest BCUT2D eigenvalue weighted by Gasteiger charge is 2.26. The van der Waals surface area contributed by atoms with E-state index in [1.807, 2.05) is 41.1 Å². The van der Waals surface area contributed by atoms with Crippen molar-refractivity contribution in [3.63, 3.8) is 0 Å². The molecule has 0 saturated carbocycles. The lowest BCUT2D eigenvalue weighted by molar-refractivity contribution is 0.0714. The van der Waals surface area contributed by atoms with Gasteiger partial charge in [-0.15, -0.1) is 0 Å². The Balaban J connectivity index is 1.38. The van der Waals surface area contributed by atoms with Crippen LogP contribution in [0.25, 0.3) is 16.9 Å². The Kier molecular flexibility index (Phi) is 4.68. The van der Waals surface area contributed by atoms with Crippen LogP contribution in [0, 0.1) is 0 Å². The van der Waals surface area contributed by atoms with Crippen molar-refractivity contribution in [2.24, 2.45) is 0 Å². The third-order valence-electron chi connectivity index (χ3n) is 5.44. The quantitative estimate of drug-likeness (QED) is 0.563. The molecule has 8 heteroatoms. The van der Waals surface area contributed by atoms with Gasteiger partial charge in [-0.3, -0.25) is 9.20 Å². The predicted molar refractivity (Wildman–Crippen MR) is 111 cm³/mol. The summed E-state index contributed by atoms with van der Waals surface area (Å²) in [6.07, 6.45) is 7.03. The highest BCUT2D eigenvalue weighted by Crippen LogP contribution is 2.26. The van der Waals surface area contributed by atoms with Gasteiger partial charge in [-0.25, -0.2) is 9.97 Å². The first-order valence-electron chi connectivity index (χ1n) is 9.84. The van der Waals surface area contributed by atoms with Crippen molar-refractivity contribution in [1.82, 2.24) is 19.3 Å². The minimum Gasteiger partial charge on any atom is -0.459 e. The molecule has 4 aromatic rings. The van der Waals surface area contributed by atoms with Crippen LogP contribution >= 0.6 is 0 Å². The summed E-state index contributed by atoms with van der Waals surface area (Å²) in [7, 11) is 0. The minimum absolute atomic E-state index is 0.0237. The zero-order valence-electron chi connectivity index (χ0n) is 16.3. The average molecular weight is 403 g/mol. The van der Waals surface area contributed by atoms with E-state index < -0.39 is 0 Å². The fourth-order valence-electron chi connectivity index (χ4n) is 3.80. The van der Waals surface area contributed by atoms with Crippen LogP contribution in [-0.2, 0) is 6.61 Å². The fourth-order valence-corrected chi connectivity index (χ4v) is 3.80. The maximum atomic E-state index is 12.5. The van der Waals surface area contributed by atoms with Crippen molar-refractivity contribution in [2.75, 3.05) is 31.1 Å². The summed E-state index contributed by atoms with van der Waals surface area (Å²) in [6, 6.07) is 11.2. The second kappa shape index (κ2) is 7.64. The number of benzene rings is 1. The Morgan fingerprint density at radius 3 is 2.57 bits per heavy atom. The molecule has 1 fully saturated rings. The normalized spacial score (nSPS) is 14.4. The number of aliphatic hydroxyl groups is 1. The number of amides is 1. The molecule has 0 aliphatic carbocycles. The number of piperazine rings is 1. The van der Waals surface area contributed by atoms with Crippen LogP contribution in [0.4, 0.5) is 5.82 Å². The van der Waals surface area contributed by atoms with Gasteiger partial charge in [0.15, 0.2) is 17.2 Å². The average Bonchev–Trinajstić information content (AvgIpc) is 3.49. The molecule has 1 aliphatic heterocycles. The summed E-state index contributed by atoms with van der Waals surface area (Å²) in [5.41, 5.74) is 3.64. The number of furan rings is 1. The zero-order chi connectivity index (χ0) is 20.5. The van der Waals surface area contributed by atoms with Crippen molar-refractivity contribution < 1.29 is 14.3 Å². The van der Waals surface area contributed by atoms with Crippen LogP contribution in [-0.4, -0.2) is 56.5 Å². The summed E-state index contributed by atoms with van der Waals surface area (Å²) in [5.74, 6) is 1.09. The molecule has 8 nitrogen and oxygen atoms in total. The molecule has 0 atom stereocenters. The number of nitrogens with zero attached hydrogens (tertiary/aromatic N) is 5. The van der Waals surface area contributed by atoms with Crippen molar-refractivity contribution in [2.45, 2.75) is 6.61 Å². The summed E-state index contributed by atoms with van der Waals surface area (Å²) in [5, 5.41) is 9.26. The van der Waals surface area contributed by atoms with Crippen molar-refractivity contribution in [3.8, 4) is 11.3 Å². The van der Waals surface area contributed by atoms with E-state index in [0.717, 1.165) is 28.3 Å². The molecule has 0 spiro atoms. The smallest absolute Gasteiger partial charge is 0.289 e. The number of carbonyl (C=O) groups is 1. The number of fused-ring (bicyclic) bond motifs is 1. The zero-order valence-corrected chi connectivity index (χ0v) is 16.3. The van der Waals surface area contributed by atoms with Crippen LogP contribution in [0.15, 0.2) is 65.7 Å². The Bertz CT molecular complexity index is 1160. The molecule has 1 aliphatic rings. The maximum Gasteiger partial charge on any atom is 0.289 e. The van der Waals surface area contributed by atoms with E-state index >= 15 is 0 Å². The third kappa shape index (κ3) is 3.21. The van der Waals surface area contributed by atoms with Crippen molar-refractivity contribution in [1.29, 1.82) is 0 Å². The number of anilines is 1. The predicted octanol–water partition coefficient (Wildman–Crippen LogP) is 2.44. The number of aromatic nitrogens is 3. The van der Waals surface area contributed by atoms with Gasteiger partial charge in [0.2, 0.25) is 0 Å². The van der Waals surface area contributed by atoms with E-state index in [2.05, 4.69) is 14.9 Å². The number of rotatable bonds is 4. The standard InChI is InChI=1S/C22H21N5O3/c28-15-16-3-5-17(6-4-16)18-14-24-21-20(23-7-8-27(18)21)25-9-11-26(12-10-25)22(29)19-2-1-13-30-19/h1-8,13-14,28H,9-12,15H2. The molecule has 4 heterocycles.